The molecule has 0 fully saturated rings. The van der Waals surface area contributed by atoms with E-state index in [1.807, 2.05) is 25.1 Å². The number of nitriles is 1. The summed E-state index contributed by atoms with van der Waals surface area (Å²) in [6.07, 6.45) is 1.38. The van der Waals surface area contributed by atoms with Gasteiger partial charge in [0, 0.05) is 5.69 Å². The molecule has 0 aliphatic rings. The lowest BCUT2D eigenvalue weighted by Gasteiger charge is -2.10. The number of halogens is 1. The van der Waals surface area contributed by atoms with Gasteiger partial charge in [0.05, 0.1) is 12.7 Å². The SMILES string of the molecule is COc1cc(/C=C(\C#N)C(=O)Nc2ccc(C)cc2)ccc1OC(=O)c1ccccc1F. The van der Waals surface area contributed by atoms with Crippen LogP contribution in [0.5, 0.6) is 11.5 Å². The highest BCUT2D eigenvalue weighted by molar-refractivity contribution is 6.09. The zero-order valence-corrected chi connectivity index (χ0v) is 17.4. The van der Waals surface area contributed by atoms with Crippen LogP contribution in [0, 0.1) is 24.1 Å². The van der Waals surface area contributed by atoms with E-state index in [-0.39, 0.29) is 22.6 Å². The van der Waals surface area contributed by atoms with Gasteiger partial charge in [0.25, 0.3) is 5.91 Å². The topological polar surface area (TPSA) is 88.4 Å². The molecule has 0 radical (unpaired) electrons. The van der Waals surface area contributed by atoms with Gasteiger partial charge in [-0.25, -0.2) is 9.18 Å². The van der Waals surface area contributed by atoms with Crippen molar-refractivity contribution in [2.75, 3.05) is 12.4 Å². The summed E-state index contributed by atoms with van der Waals surface area (Å²) in [5, 5.41) is 12.1. The standard InChI is InChI=1S/C25H19FN2O4/c1-16-7-10-19(11-8-16)28-24(29)18(15-27)13-17-9-12-22(23(14-17)31-2)32-25(30)20-5-3-4-6-21(20)26/h3-14H,1-2H3,(H,28,29)/b18-13+. The second-order valence-electron chi connectivity index (χ2n) is 6.77. The molecule has 0 atom stereocenters. The Bertz CT molecular complexity index is 1230. The Morgan fingerprint density at radius 1 is 1.03 bits per heavy atom. The minimum Gasteiger partial charge on any atom is -0.493 e. The lowest BCUT2D eigenvalue weighted by molar-refractivity contribution is -0.112. The van der Waals surface area contributed by atoms with Crippen LogP contribution < -0.4 is 14.8 Å². The maximum atomic E-state index is 13.8. The molecule has 3 aromatic carbocycles. The second-order valence-corrected chi connectivity index (χ2v) is 6.77. The van der Waals surface area contributed by atoms with Gasteiger partial charge in [-0.2, -0.15) is 5.26 Å². The number of nitrogens with one attached hydrogen (secondary N) is 1. The predicted molar refractivity (Wildman–Crippen MR) is 118 cm³/mol. The van der Waals surface area contributed by atoms with E-state index in [2.05, 4.69) is 5.32 Å². The number of rotatable bonds is 6. The molecule has 7 heteroatoms. The van der Waals surface area contributed by atoms with Gasteiger partial charge in [0.2, 0.25) is 0 Å². The number of carbonyl (C=O) groups excluding carboxylic acids is 2. The van der Waals surface area contributed by atoms with Crippen molar-refractivity contribution in [3.8, 4) is 17.6 Å². The van der Waals surface area contributed by atoms with Crippen LogP contribution in [0.25, 0.3) is 6.08 Å². The van der Waals surface area contributed by atoms with Gasteiger partial charge in [-0.1, -0.05) is 35.9 Å². The number of carbonyl (C=O) groups is 2. The molecule has 160 valence electrons. The van der Waals surface area contributed by atoms with Crippen LogP contribution in [-0.4, -0.2) is 19.0 Å². The lowest BCUT2D eigenvalue weighted by atomic mass is 10.1. The third kappa shape index (κ3) is 5.37. The average Bonchev–Trinajstić information content (AvgIpc) is 2.79. The van der Waals surface area contributed by atoms with E-state index in [0.29, 0.717) is 11.3 Å². The first kappa shape index (κ1) is 22.2. The molecule has 0 aliphatic carbocycles. The first-order chi connectivity index (χ1) is 15.4. The van der Waals surface area contributed by atoms with E-state index in [0.717, 1.165) is 11.6 Å². The maximum absolute atomic E-state index is 13.8. The van der Waals surface area contributed by atoms with Crippen molar-refractivity contribution < 1.29 is 23.5 Å². The number of benzene rings is 3. The van der Waals surface area contributed by atoms with Crippen LogP contribution in [-0.2, 0) is 4.79 Å². The van der Waals surface area contributed by atoms with Crippen molar-refractivity contribution >= 4 is 23.6 Å². The normalized spacial score (nSPS) is 10.8. The number of hydrogen-bond donors (Lipinski definition) is 1. The van der Waals surface area contributed by atoms with Crippen molar-refractivity contribution in [1.82, 2.24) is 0 Å². The molecule has 0 aliphatic heterocycles. The van der Waals surface area contributed by atoms with E-state index in [1.165, 1.54) is 43.5 Å². The summed E-state index contributed by atoms with van der Waals surface area (Å²) in [7, 11) is 1.37. The van der Waals surface area contributed by atoms with Gasteiger partial charge in [-0.05, 0) is 55.0 Å². The summed E-state index contributed by atoms with van der Waals surface area (Å²) in [4.78, 5) is 24.7. The molecule has 3 aromatic rings. The van der Waals surface area contributed by atoms with E-state index in [9.17, 15) is 19.2 Å². The molecule has 0 heterocycles. The molecule has 6 nitrogen and oxygen atoms in total. The number of aryl methyl sites for hydroxylation is 1. The fourth-order valence-corrected chi connectivity index (χ4v) is 2.79. The number of ether oxygens (including phenoxy) is 2. The van der Waals surface area contributed by atoms with E-state index in [4.69, 9.17) is 9.47 Å². The van der Waals surface area contributed by atoms with E-state index >= 15 is 0 Å². The number of hydrogen-bond acceptors (Lipinski definition) is 5. The second kappa shape index (κ2) is 10.0. The molecule has 32 heavy (non-hydrogen) atoms. The van der Waals surface area contributed by atoms with Crippen molar-refractivity contribution in [2.24, 2.45) is 0 Å². The number of anilines is 1. The molecule has 3 rings (SSSR count). The zero-order chi connectivity index (χ0) is 23.1. The fourth-order valence-electron chi connectivity index (χ4n) is 2.79. The Morgan fingerprint density at radius 2 is 1.75 bits per heavy atom. The Labute approximate surface area is 184 Å². The van der Waals surface area contributed by atoms with Gasteiger partial charge in [0.15, 0.2) is 11.5 Å². The molecule has 0 bridgehead atoms. The van der Waals surface area contributed by atoms with Crippen molar-refractivity contribution in [2.45, 2.75) is 6.92 Å². The van der Waals surface area contributed by atoms with Gasteiger partial charge in [0.1, 0.15) is 17.5 Å². The Morgan fingerprint density at radius 3 is 2.41 bits per heavy atom. The van der Waals surface area contributed by atoms with Crippen LogP contribution in [0.3, 0.4) is 0 Å². The molecule has 0 saturated heterocycles. The zero-order valence-electron chi connectivity index (χ0n) is 17.4. The molecular formula is C25H19FN2O4. The molecule has 0 aromatic heterocycles. The van der Waals surface area contributed by atoms with Gasteiger partial charge < -0.3 is 14.8 Å². The smallest absolute Gasteiger partial charge is 0.346 e. The minimum atomic E-state index is -0.875. The van der Waals surface area contributed by atoms with Crippen LogP contribution in [0.2, 0.25) is 0 Å². The van der Waals surface area contributed by atoms with Crippen LogP contribution in [0.1, 0.15) is 21.5 Å². The summed E-state index contributed by atoms with van der Waals surface area (Å²) in [5.74, 6) is -1.89. The number of methoxy groups -OCH3 is 1. The average molecular weight is 430 g/mol. The number of nitrogens with zero attached hydrogens (tertiary/aromatic N) is 1. The Kier molecular flexibility index (Phi) is 6.99. The van der Waals surface area contributed by atoms with Gasteiger partial charge >= 0.3 is 5.97 Å². The third-order valence-corrected chi connectivity index (χ3v) is 4.47. The highest BCUT2D eigenvalue weighted by atomic mass is 19.1. The summed E-state index contributed by atoms with van der Waals surface area (Å²) >= 11 is 0. The third-order valence-electron chi connectivity index (χ3n) is 4.47. The molecular weight excluding hydrogens is 411 g/mol. The van der Waals surface area contributed by atoms with Crippen LogP contribution in [0.4, 0.5) is 10.1 Å². The highest BCUT2D eigenvalue weighted by Gasteiger charge is 2.17. The largest absolute Gasteiger partial charge is 0.493 e. The van der Waals surface area contributed by atoms with Crippen molar-refractivity contribution in [3.05, 3.63) is 94.8 Å². The summed E-state index contributed by atoms with van der Waals surface area (Å²) in [5.41, 5.74) is 1.75. The van der Waals surface area contributed by atoms with Gasteiger partial charge in [-0.15, -0.1) is 0 Å². The molecule has 0 unspecified atom stereocenters. The lowest BCUT2D eigenvalue weighted by Crippen LogP contribution is -2.13. The maximum Gasteiger partial charge on any atom is 0.346 e. The Hall–Kier alpha value is -4.44. The quantitative estimate of drug-likeness (QED) is 0.260. The molecule has 1 amide bonds. The van der Waals surface area contributed by atoms with E-state index < -0.39 is 17.7 Å². The highest BCUT2D eigenvalue weighted by Crippen LogP contribution is 2.30. The van der Waals surface area contributed by atoms with Crippen LogP contribution >= 0.6 is 0 Å². The summed E-state index contributed by atoms with van der Waals surface area (Å²) in [6.45, 7) is 1.93. The first-order valence-corrected chi connectivity index (χ1v) is 9.56. The van der Waals surface area contributed by atoms with E-state index in [1.54, 1.807) is 18.2 Å². The molecule has 0 saturated carbocycles. The molecule has 0 spiro atoms. The van der Waals surface area contributed by atoms with Crippen LogP contribution in [0.15, 0.2) is 72.3 Å². The number of esters is 1. The summed E-state index contributed by atoms with van der Waals surface area (Å²) < 4.78 is 24.3. The first-order valence-electron chi connectivity index (χ1n) is 9.56. The fraction of sp³-hybridized carbons (Fsp3) is 0.0800. The predicted octanol–water partition coefficient (Wildman–Crippen LogP) is 4.91. The van der Waals surface area contributed by atoms with Crippen molar-refractivity contribution in [1.29, 1.82) is 5.26 Å². The molecule has 1 N–H and O–H groups in total. The Balaban J connectivity index is 1.80. The minimum absolute atomic E-state index is 0.0699. The summed E-state index contributed by atoms with van der Waals surface area (Å²) in [6, 6.07) is 19.0. The number of amides is 1. The van der Waals surface area contributed by atoms with Crippen molar-refractivity contribution in [3.63, 3.8) is 0 Å². The monoisotopic (exact) mass is 430 g/mol. The van der Waals surface area contributed by atoms with Gasteiger partial charge in [-0.3, -0.25) is 4.79 Å².